The Kier molecular flexibility index (Phi) is 3.38. The van der Waals surface area contributed by atoms with E-state index >= 15 is 0 Å². The Balaban J connectivity index is 1.61. The molecule has 1 aromatic carbocycles. The van der Waals surface area contributed by atoms with Gasteiger partial charge in [-0.25, -0.2) is 0 Å². The molecule has 4 nitrogen and oxygen atoms in total. The van der Waals surface area contributed by atoms with Crippen LogP contribution in [0.2, 0.25) is 0 Å². The van der Waals surface area contributed by atoms with E-state index in [1.165, 1.54) is 12.8 Å². The summed E-state index contributed by atoms with van der Waals surface area (Å²) in [6.45, 7) is 0.504. The predicted octanol–water partition coefficient (Wildman–Crippen LogP) is 2.98. The van der Waals surface area contributed by atoms with E-state index in [1.54, 1.807) is 0 Å². The standard InChI is InChI=1S/C14H14BrN3O/c15-11-3-1-2-9(6-11)8-16-14(19)13-7-12(17-18-13)10-4-5-10/h1-3,6-7,10H,4-5,8H2,(H,16,19)(H,17,18). The van der Waals surface area contributed by atoms with Gasteiger partial charge >= 0.3 is 0 Å². The van der Waals surface area contributed by atoms with Crippen LogP contribution in [0.3, 0.4) is 0 Å². The highest BCUT2D eigenvalue weighted by Gasteiger charge is 2.26. The molecule has 2 N–H and O–H groups in total. The summed E-state index contributed by atoms with van der Waals surface area (Å²) in [7, 11) is 0. The SMILES string of the molecule is O=C(NCc1cccc(Br)c1)c1cc(C2CC2)[nH]n1. The number of nitrogens with zero attached hydrogens (tertiary/aromatic N) is 1. The Morgan fingerprint density at radius 3 is 3.00 bits per heavy atom. The fourth-order valence-electron chi connectivity index (χ4n) is 1.98. The van der Waals surface area contributed by atoms with Gasteiger partial charge in [-0.15, -0.1) is 0 Å². The number of H-pyrrole nitrogens is 1. The molecule has 0 spiro atoms. The molecule has 3 rings (SSSR count). The second kappa shape index (κ2) is 5.17. The number of amides is 1. The van der Waals surface area contributed by atoms with Gasteiger partial charge in [-0.2, -0.15) is 5.10 Å². The van der Waals surface area contributed by atoms with Crippen LogP contribution in [-0.2, 0) is 6.54 Å². The Bertz CT molecular complexity index is 604. The third kappa shape index (κ3) is 3.04. The van der Waals surface area contributed by atoms with Crippen LogP contribution >= 0.6 is 15.9 Å². The van der Waals surface area contributed by atoms with Crippen LogP contribution < -0.4 is 5.32 Å². The van der Waals surface area contributed by atoms with E-state index in [4.69, 9.17) is 0 Å². The molecule has 2 aromatic rings. The van der Waals surface area contributed by atoms with Crippen molar-refractivity contribution in [1.29, 1.82) is 0 Å². The van der Waals surface area contributed by atoms with Crippen LogP contribution in [-0.4, -0.2) is 16.1 Å². The van der Waals surface area contributed by atoms with Gasteiger partial charge in [-0.3, -0.25) is 9.89 Å². The summed E-state index contributed by atoms with van der Waals surface area (Å²) < 4.78 is 1.01. The molecule has 0 bridgehead atoms. The number of aromatic nitrogens is 2. The molecule has 5 heteroatoms. The lowest BCUT2D eigenvalue weighted by molar-refractivity contribution is 0.0946. The quantitative estimate of drug-likeness (QED) is 0.910. The van der Waals surface area contributed by atoms with Gasteiger partial charge in [0.25, 0.3) is 5.91 Å². The highest BCUT2D eigenvalue weighted by molar-refractivity contribution is 9.10. The van der Waals surface area contributed by atoms with Crippen molar-refractivity contribution in [1.82, 2.24) is 15.5 Å². The highest BCUT2D eigenvalue weighted by Crippen LogP contribution is 2.38. The molecule has 0 aliphatic heterocycles. The zero-order chi connectivity index (χ0) is 13.2. The molecule has 0 radical (unpaired) electrons. The molecular weight excluding hydrogens is 306 g/mol. The van der Waals surface area contributed by atoms with Crippen LogP contribution in [0.25, 0.3) is 0 Å². The zero-order valence-corrected chi connectivity index (χ0v) is 11.9. The smallest absolute Gasteiger partial charge is 0.272 e. The maximum absolute atomic E-state index is 12.0. The largest absolute Gasteiger partial charge is 0.347 e. The van der Waals surface area contributed by atoms with E-state index in [2.05, 4.69) is 31.4 Å². The second-order valence-corrected chi connectivity index (χ2v) is 5.71. The number of aromatic amines is 1. The third-order valence-corrected chi connectivity index (χ3v) is 3.68. The summed E-state index contributed by atoms with van der Waals surface area (Å²) in [5, 5.41) is 9.87. The molecule has 0 unspecified atom stereocenters. The van der Waals surface area contributed by atoms with Gasteiger partial charge in [0.15, 0.2) is 0 Å². The van der Waals surface area contributed by atoms with Gasteiger partial charge in [0.1, 0.15) is 5.69 Å². The Labute approximate surface area is 119 Å². The number of benzene rings is 1. The van der Waals surface area contributed by atoms with E-state index in [-0.39, 0.29) is 5.91 Å². The topological polar surface area (TPSA) is 57.8 Å². The van der Waals surface area contributed by atoms with Gasteiger partial charge in [0.2, 0.25) is 0 Å². The van der Waals surface area contributed by atoms with Crippen LogP contribution in [0.1, 0.15) is 40.5 Å². The van der Waals surface area contributed by atoms with E-state index in [0.29, 0.717) is 18.2 Å². The Morgan fingerprint density at radius 1 is 1.42 bits per heavy atom. The van der Waals surface area contributed by atoms with Crippen molar-refractivity contribution in [3.05, 3.63) is 51.8 Å². The van der Waals surface area contributed by atoms with Crippen molar-refractivity contribution in [2.45, 2.75) is 25.3 Å². The lowest BCUT2D eigenvalue weighted by Crippen LogP contribution is -2.23. The maximum Gasteiger partial charge on any atom is 0.272 e. The van der Waals surface area contributed by atoms with Crippen LogP contribution in [0, 0.1) is 0 Å². The highest BCUT2D eigenvalue weighted by atomic mass is 79.9. The number of hydrogen-bond donors (Lipinski definition) is 2. The number of nitrogens with one attached hydrogen (secondary N) is 2. The molecule has 0 atom stereocenters. The van der Waals surface area contributed by atoms with Crippen LogP contribution in [0.4, 0.5) is 0 Å². The average molecular weight is 320 g/mol. The Morgan fingerprint density at radius 2 is 2.26 bits per heavy atom. The first-order valence-electron chi connectivity index (χ1n) is 6.30. The average Bonchev–Trinajstić information content (AvgIpc) is 3.14. The minimum Gasteiger partial charge on any atom is -0.347 e. The molecule has 1 amide bonds. The van der Waals surface area contributed by atoms with E-state index < -0.39 is 0 Å². The number of hydrogen-bond acceptors (Lipinski definition) is 2. The number of carbonyl (C=O) groups is 1. The number of carbonyl (C=O) groups excluding carboxylic acids is 1. The van der Waals surface area contributed by atoms with Gasteiger partial charge in [0.05, 0.1) is 0 Å². The van der Waals surface area contributed by atoms with Gasteiger partial charge in [-0.1, -0.05) is 28.1 Å². The van der Waals surface area contributed by atoms with E-state index in [9.17, 15) is 4.79 Å². The Hall–Kier alpha value is -1.62. The molecule has 98 valence electrons. The normalized spacial score (nSPS) is 14.4. The number of rotatable bonds is 4. The van der Waals surface area contributed by atoms with Crippen LogP contribution in [0.15, 0.2) is 34.8 Å². The van der Waals surface area contributed by atoms with Crippen molar-refractivity contribution < 1.29 is 4.79 Å². The van der Waals surface area contributed by atoms with Crippen molar-refractivity contribution in [2.24, 2.45) is 0 Å². The molecule has 19 heavy (non-hydrogen) atoms. The lowest BCUT2D eigenvalue weighted by Gasteiger charge is -2.03. The summed E-state index contributed by atoms with van der Waals surface area (Å²) in [5.74, 6) is 0.447. The molecule has 1 heterocycles. The summed E-state index contributed by atoms with van der Waals surface area (Å²) in [4.78, 5) is 12.0. The molecule has 1 aliphatic carbocycles. The van der Waals surface area contributed by atoms with E-state index in [1.807, 2.05) is 30.3 Å². The summed E-state index contributed by atoms with van der Waals surface area (Å²) in [5.41, 5.74) is 2.60. The fraction of sp³-hybridized carbons (Fsp3) is 0.286. The fourth-order valence-corrected chi connectivity index (χ4v) is 2.42. The molecule has 1 fully saturated rings. The first kappa shape index (κ1) is 12.4. The predicted molar refractivity (Wildman–Crippen MR) is 75.9 cm³/mol. The maximum atomic E-state index is 12.0. The van der Waals surface area contributed by atoms with Crippen molar-refractivity contribution in [2.75, 3.05) is 0 Å². The molecule has 1 aromatic heterocycles. The lowest BCUT2D eigenvalue weighted by atomic mass is 10.2. The summed E-state index contributed by atoms with van der Waals surface area (Å²) in [6, 6.07) is 9.73. The third-order valence-electron chi connectivity index (χ3n) is 3.19. The molecular formula is C14H14BrN3O. The molecule has 1 aliphatic rings. The van der Waals surface area contributed by atoms with Gasteiger partial charge in [-0.05, 0) is 36.6 Å². The van der Waals surface area contributed by atoms with Gasteiger partial charge in [0, 0.05) is 22.6 Å². The second-order valence-electron chi connectivity index (χ2n) is 4.80. The number of halogens is 1. The monoisotopic (exact) mass is 319 g/mol. The van der Waals surface area contributed by atoms with E-state index in [0.717, 1.165) is 15.7 Å². The summed E-state index contributed by atoms with van der Waals surface area (Å²) >= 11 is 3.41. The van der Waals surface area contributed by atoms with Crippen molar-refractivity contribution in [3.8, 4) is 0 Å². The molecule has 1 saturated carbocycles. The van der Waals surface area contributed by atoms with Crippen LogP contribution in [0.5, 0.6) is 0 Å². The first-order chi connectivity index (χ1) is 9.22. The summed E-state index contributed by atoms with van der Waals surface area (Å²) in [6.07, 6.45) is 2.39. The van der Waals surface area contributed by atoms with Crippen molar-refractivity contribution in [3.63, 3.8) is 0 Å². The minimum absolute atomic E-state index is 0.136. The van der Waals surface area contributed by atoms with Gasteiger partial charge < -0.3 is 5.32 Å². The molecule has 0 saturated heterocycles. The van der Waals surface area contributed by atoms with Crippen molar-refractivity contribution >= 4 is 21.8 Å². The zero-order valence-electron chi connectivity index (χ0n) is 10.3. The minimum atomic E-state index is -0.136. The first-order valence-corrected chi connectivity index (χ1v) is 7.09.